The molecule has 0 unspecified atom stereocenters. The van der Waals surface area contributed by atoms with E-state index in [0.717, 1.165) is 11.3 Å². The van der Waals surface area contributed by atoms with Crippen molar-refractivity contribution >= 4 is 23.1 Å². The van der Waals surface area contributed by atoms with Crippen molar-refractivity contribution in [3.8, 4) is 0 Å². The highest BCUT2D eigenvalue weighted by molar-refractivity contribution is 7.08. The van der Waals surface area contributed by atoms with Gasteiger partial charge in [0, 0.05) is 12.4 Å². The Balaban J connectivity index is 2.64. The summed E-state index contributed by atoms with van der Waals surface area (Å²) >= 11 is 1.51. The van der Waals surface area contributed by atoms with E-state index in [1.54, 1.807) is 7.05 Å². The van der Waals surface area contributed by atoms with Crippen molar-refractivity contribution in [2.24, 2.45) is 0 Å². The van der Waals surface area contributed by atoms with Gasteiger partial charge in [0.05, 0.1) is 5.69 Å². The molecular weight excluding hydrogens is 160 g/mol. The maximum Gasteiger partial charge on any atom is 0.319 e. The Labute approximate surface area is 69.4 Å². The van der Waals surface area contributed by atoms with Gasteiger partial charge in [-0.2, -0.15) is 0 Å². The highest BCUT2D eigenvalue weighted by Crippen LogP contribution is 2.18. The molecule has 0 saturated heterocycles. The average molecular weight is 169 g/mol. The number of amides is 2. The number of urea groups is 1. The van der Waals surface area contributed by atoms with Crippen LogP contribution in [0.4, 0.5) is 10.5 Å². The Kier molecular flexibility index (Phi) is 2.48. The Hall–Kier alpha value is -1.03. The summed E-state index contributed by atoms with van der Waals surface area (Å²) in [7, 11) is 1.57. The molecule has 3 nitrogen and oxygen atoms in total. The van der Waals surface area contributed by atoms with Crippen LogP contribution >= 0.6 is 11.3 Å². The normalized spacial score (nSPS) is 9.27. The van der Waals surface area contributed by atoms with Gasteiger partial charge >= 0.3 is 6.03 Å². The van der Waals surface area contributed by atoms with Crippen molar-refractivity contribution in [3.63, 3.8) is 0 Å². The SMILES string of the molecule is [CH2]c1cscc1NC(=O)NC. The molecule has 0 atom stereocenters. The molecule has 2 amide bonds. The van der Waals surface area contributed by atoms with Crippen molar-refractivity contribution in [2.45, 2.75) is 0 Å². The van der Waals surface area contributed by atoms with Gasteiger partial charge in [-0.3, -0.25) is 0 Å². The van der Waals surface area contributed by atoms with Crippen LogP contribution in [0.15, 0.2) is 10.8 Å². The molecular formula is C7H9N2OS. The lowest BCUT2D eigenvalue weighted by Gasteiger charge is -2.01. The second kappa shape index (κ2) is 3.39. The number of thiophene rings is 1. The third-order valence-corrected chi connectivity index (χ3v) is 2.01. The van der Waals surface area contributed by atoms with Crippen LogP contribution in [0, 0.1) is 6.92 Å². The van der Waals surface area contributed by atoms with E-state index in [-0.39, 0.29) is 6.03 Å². The minimum Gasteiger partial charge on any atom is -0.341 e. The monoisotopic (exact) mass is 169 g/mol. The molecule has 0 fully saturated rings. The van der Waals surface area contributed by atoms with Gasteiger partial charge in [0.25, 0.3) is 0 Å². The lowest BCUT2D eigenvalue weighted by Crippen LogP contribution is -2.24. The first-order valence-corrected chi connectivity index (χ1v) is 4.05. The van der Waals surface area contributed by atoms with Crippen molar-refractivity contribution in [2.75, 3.05) is 12.4 Å². The third kappa shape index (κ3) is 1.94. The van der Waals surface area contributed by atoms with Gasteiger partial charge < -0.3 is 10.6 Å². The minimum atomic E-state index is -0.215. The van der Waals surface area contributed by atoms with Crippen molar-refractivity contribution in [1.29, 1.82) is 0 Å². The molecule has 0 aliphatic heterocycles. The fourth-order valence-electron chi connectivity index (χ4n) is 0.618. The first-order chi connectivity index (χ1) is 5.24. The fourth-order valence-corrected chi connectivity index (χ4v) is 1.32. The molecule has 0 aliphatic carbocycles. The second-order valence-electron chi connectivity index (χ2n) is 2.01. The highest BCUT2D eigenvalue weighted by atomic mass is 32.1. The topological polar surface area (TPSA) is 41.1 Å². The molecule has 1 aromatic heterocycles. The Bertz CT molecular complexity index is 257. The van der Waals surface area contributed by atoms with Crippen LogP contribution in [-0.2, 0) is 0 Å². The summed E-state index contributed by atoms with van der Waals surface area (Å²) in [5.74, 6) is 0. The summed E-state index contributed by atoms with van der Waals surface area (Å²) < 4.78 is 0. The second-order valence-corrected chi connectivity index (χ2v) is 2.76. The van der Waals surface area contributed by atoms with Crippen LogP contribution in [-0.4, -0.2) is 13.1 Å². The lowest BCUT2D eigenvalue weighted by molar-refractivity contribution is 0.254. The molecule has 1 heterocycles. The van der Waals surface area contributed by atoms with Crippen LogP contribution in [0.25, 0.3) is 0 Å². The van der Waals surface area contributed by atoms with Crippen molar-refractivity contribution in [1.82, 2.24) is 5.32 Å². The highest BCUT2D eigenvalue weighted by Gasteiger charge is 2.01. The summed E-state index contributed by atoms with van der Waals surface area (Å²) in [5.41, 5.74) is 1.62. The number of carbonyl (C=O) groups is 1. The maximum atomic E-state index is 10.8. The largest absolute Gasteiger partial charge is 0.341 e. The molecule has 0 aliphatic rings. The first-order valence-electron chi connectivity index (χ1n) is 3.11. The van der Waals surface area contributed by atoms with E-state index in [1.165, 1.54) is 11.3 Å². The molecule has 0 spiro atoms. The van der Waals surface area contributed by atoms with Gasteiger partial charge in [0.2, 0.25) is 0 Å². The number of rotatable bonds is 1. The number of hydrogen-bond donors (Lipinski definition) is 2. The lowest BCUT2D eigenvalue weighted by atomic mass is 10.3. The van der Waals surface area contributed by atoms with E-state index in [1.807, 2.05) is 10.8 Å². The van der Waals surface area contributed by atoms with Gasteiger partial charge in [0.15, 0.2) is 0 Å². The first kappa shape index (κ1) is 8.07. The molecule has 11 heavy (non-hydrogen) atoms. The van der Waals surface area contributed by atoms with E-state index in [2.05, 4.69) is 17.6 Å². The van der Waals surface area contributed by atoms with Gasteiger partial charge in [-0.05, 0) is 17.9 Å². The molecule has 0 saturated carbocycles. The molecule has 2 N–H and O–H groups in total. The zero-order chi connectivity index (χ0) is 8.27. The number of hydrogen-bond acceptors (Lipinski definition) is 2. The van der Waals surface area contributed by atoms with Crippen LogP contribution in [0.5, 0.6) is 0 Å². The third-order valence-electron chi connectivity index (χ3n) is 1.22. The molecule has 1 aromatic rings. The van der Waals surface area contributed by atoms with E-state index in [4.69, 9.17) is 0 Å². The number of anilines is 1. The smallest absolute Gasteiger partial charge is 0.319 e. The van der Waals surface area contributed by atoms with Crippen LogP contribution in [0.3, 0.4) is 0 Å². The maximum absolute atomic E-state index is 10.8. The predicted octanol–water partition coefficient (Wildman–Crippen LogP) is 1.68. The molecule has 0 bridgehead atoms. The summed E-state index contributed by atoms with van der Waals surface area (Å²) in [6.45, 7) is 3.74. The van der Waals surface area contributed by atoms with Crippen LogP contribution in [0.2, 0.25) is 0 Å². The summed E-state index contributed by atoms with van der Waals surface area (Å²) in [5, 5.41) is 8.82. The van der Waals surface area contributed by atoms with Gasteiger partial charge in [-0.1, -0.05) is 0 Å². The standard InChI is InChI=1S/C7H9N2OS/c1-5-3-11-4-6(5)9-7(10)8-2/h3-4H,1H2,2H3,(H2,8,9,10). The molecule has 1 radical (unpaired) electrons. The fraction of sp³-hybridized carbons (Fsp3) is 0.143. The Morgan fingerprint density at radius 1 is 1.64 bits per heavy atom. The summed E-state index contributed by atoms with van der Waals surface area (Å²) in [6, 6.07) is -0.215. The molecule has 4 heteroatoms. The quantitative estimate of drug-likeness (QED) is 0.659. The molecule has 1 rings (SSSR count). The van der Waals surface area contributed by atoms with Crippen molar-refractivity contribution in [3.05, 3.63) is 23.2 Å². The van der Waals surface area contributed by atoms with Crippen molar-refractivity contribution < 1.29 is 4.79 Å². The van der Waals surface area contributed by atoms with Gasteiger partial charge in [-0.25, -0.2) is 4.79 Å². The zero-order valence-electron chi connectivity index (χ0n) is 6.18. The van der Waals surface area contributed by atoms with E-state index in [0.29, 0.717) is 0 Å². The minimum absolute atomic E-state index is 0.215. The van der Waals surface area contributed by atoms with Crippen LogP contribution in [0.1, 0.15) is 5.56 Å². The van der Waals surface area contributed by atoms with Crippen LogP contribution < -0.4 is 10.6 Å². The molecule has 59 valence electrons. The van der Waals surface area contributed by atoms with Gasteiger partial charge in [0.1, 0.15) is 0 Å². The zero-order valence-corrected chi connectivity index (χ0v) is 6.99. The molecule has 0 aromatic carbocycles. The van der Waals surface area contributed by atoms with E-state index in [9.17, 15) is 4.79 Å². The Morgan fingerprint density at radius 3 is 2.82 bits per heavy atom. The Morgan fingerprint density at radius 2 is 2.36 bits per heavy atom. The number of nitrogens with one attached hydrogen (secondary N) is 2. The predicted molar refractivity (Wildman–Crippen MR) is 46.9 cm³/mol. The summed E-state index contributed by atoms with van der Waals surface area (Å²) in [6.07, 6.45) is 0. The summed E-state index contributed by atoms with van der Waals surface area (Å²) in [4.78, 5) is 10.8. The van der Waals surface area contributed by atoms with E-state index < -0.39 is 0 Å². The average Bonchev–Trinajstić information content (AvgIpc) is 2.37. The van der Waals surface area contributed by atoms with E-state index >= 15 is 0 Å². The number of carbonyl (C=O) groups excluding carboxylic acids is 1. The van der Waals surface area contributed by atoms with Gasteiger partial charge in [-0.15, -0.1) is 11.3 Å².